The van der Waals surface area contributed by atoms with E-state index in [0.29, 0.717) is 11.0 Å². The number of carbonyl (C=O) groups excluding carboxylic acids is 1. The Morgan fingerprint density at radius 3 is 2.40 bits per heavy atom. The molecule has 3 nitrogen and oxygen atoms in total. The van der Waals surface area contributed by atoms with E-state index in [2.05, 4.69) is 21.2 Å². The van der Waals surface area contributed by atoms with E-state index in [9.17, 15) is 9.18 Å². The fourth-order valence-corrected chi connectivity index (χ4v) is 2.27. The van der Waals surface area contributed by atoms with E-state index in [-0.39, 0.29) is 12.2 Å². The first-order valence-corrected chi connectivity index (χ1v) is 6.82. The van der Waals surface area contributed by atoms with Gasteiger partial charge < -0.3 is 10.4 Å². The molecule has 0 saturated heterocycles. The first-order valence-electron chi connectivity index (χ1n) is 6.02. The quantitative estimate of drug-likeness (QED) is 0.900. The summed E-state index contributed by atoms with van der Waals surface area (Å²) in [5, 5.41) is 11.6. The standard InChI is InChI=1S/C15H13BrFNO2/c16-12-2-1-3-13(17)14(12)15(20)18-8-10-4-6-11(9-19)7-5-10/h1-7,19H,8-9H2,(H,18,20). The predicted molar refractivity (Wildman–Crippen MR) is 77.6 cm³/mol. The minimum absolute atomic E-state index is 0.000483. The Hall–Kier alpha value is -1.72. The molecule has 0 unspecified atom stereocenters. The molecule has 0 fully saturated rings. The van der Waals surface area contributed by atoms with Crippen LogP contribution in [0.5, 0.6) is 0 Å². The maximum Gasteiger partial charge on any atom is 0.255 e. The zero-order valence-corrected chi connectivity index (χ0v) is 12.2. The molecule has 104 valence electrons. The fraction of sp³-hybridized carbons (Fsp3) is 0.133. The van der Waals surface area contributed by atoms with Crippen LogP contribution in [0.15, 0.2) is 46.9 Å². The Labute approximate surface area is 124 Å². The number of nitrogens with one attached hydrogen (secondary N) is 1. The zero-order chi connectivity index (χ0) is 14.5. The first kappa shape index (κ1) is 14.7. The van der Waals surface area contributed by atoms with Gasteiger partial charge in [-0.2, -0.15) is 0 Å². The second-order valence-corrected chi connectivity index (χ2v) is 5.11. The molecule has 2 aromatic rings. The van der Waals surface area contributed by atoms with Crippen molar-refractivity contribution < 1.29 is 14.3 Å². The van der Waals surface area contributed by atoms with Crippen LogP contribution in [-0.2, 0) is 13.2 Å². The normalized spacial score (nSPS) is 10.3. The summed E-state index contributed by atoms with van der Waals surface area (Å²) >= 11 is 3.16. The van der Waals surface area contributed by atoms with E-state index in [4.69, 9.17) is 5.11 Å². The lowest BCUT2D eigenvalue weighted by atomic mass is 10.1. The molecule has 5 heteroatoms. The number of halogens is 2. The molecule has 0 atom stereocenters. The highest BCUT2D eigenvalue weighted by molar-refractivity contribution is 9.10. The van der Waals surface area contributed by atoms with Gasteiger partial charge in [-0.05, 0) is 39.2 Å². The van der Waals surface area contributed by atoms with Crippen molar-refractivity contribution in [3.8, 4) is 0 Å². The monoisotopic (exact) mass is 337 g/mol. The van der Waals surface area contributed by atoms with Crippen LogP contribution in [0.4, 0.5) is 4.39 Å². The van der Waals surface area contributed by atoms with Gasteiger partial charge in [0.25, 0.3) is 5.91 Å². The molecule has 2 aromatic carbocycles. The summed E-state index contributed by atoms with van der Waals surface area (Å²) in [7, 11) is 0. The summed E-state index contributed by atoms with van der Waals surface area (Å²) in [6, 6.07) is 11.6. The van der Waals surface area contributed by atoms with Crippen LogP contribution in [0.3, 0.4) is 0 Å². The van der Waals surface area contributed by atoms with E-state index >= 15 is 0 Å². The molecule has 0 heterocycles. The number of amides is 1. The van der Waals surface area contributed by atoms with Gasteiger partial charge in [-0.1, -0.05) is 30.3 Å². The molecule has 0 radical (unpaired) electrons. The number of rotatable bonds is 4. The van der Waals surface area contributed by atoms with Gasteiger partial charge in [-0.25, -0.2) is 4.39 Å². The van der Waals surface area contributed by atoms with E-state index in [0.717, 1.165) is 11.1 Å². The molecule has 1 amide bonds. The number of hydrogen-bond donors (Lipinski definition) is 2. The highest BCUT2D eigenvalue weighted by Gasteiger charge is 2.14. The first-order chi connectivity index (χ1) is 9.61. The Bertz CT molecular complexity index is 594. The lowest BCUT2D eigenvalue weighted by Gasteiger charge is -2.08. The molecule has 2 N–H and O–H groups in total. The Balaban J connectivity index is 2.05. The summed E-state index contributed by atoms with van der Waals surface area (Å²) in [4.78, 5) is 12.0. The van der Waals surface area contributed by atoms with Crippen molar-refractivity contribution in [1.82, 2.24) is 5.32 Å². The summed E-state index contributed by atoms with van der Waals surface area (Å²) < 4.78 is 14.0. The van der Waals surface area contributed by atoms with Crippen molar-refractivity contribution in [3.63, 3.8) is 0 Å². The van der Waals surface area contributed by atoms with Crippen LogP contribution in [0.1, 0.15) is 21.5 Å². The number of aliphatic hydroxyl groups is 1. The van der Waals surface area contributed by atoms with Gasteiger partial charge >= 0.3 is 0 Å². The molecule has 0 aliphatic rings. The summed E-state index contributed by atoms with van der Waals surface area (Å²) in [6.45, 7) is 0.278. The van der Waals surface area contributed by atoms with Crippen molar-refractivity contribution in [3.05, 3.63) is 69.4 Å². The molecular formula is C15H13BrFNO2. The third-order valence-corrected chi connectivity index (χ3v) is 3.51. The maximum absolute atomic E-state index is 13.6. The molecule has 0 saturated carbocycles. The molecule has 20 heavy (non-hydrogen) atoms. The van der Waals surface area contributed by atoms with Crippen LogP contribution >= 0.6 is 15.9 Å². The SMILES string of the molecule is O=C(NCc1ccc(CO)cc1)c1c(F)cccc1Br. The Morgan fingerprint density at radius 2 is 1.80 bits per heavy atom. The van der Waals surface area contributed by atoms with Gasteiger partial charge in [0, 0.05) is 11.0 Å². The minimum atomic E-state index is -0.562. The van der Waals surface area contributed by atoms with Gasteiger partial charge in [0.2, 0.25) is 0 Å². The molecule has 0 aromatic heterocycles. The zero-order valence-electron chi connectivity index (χ0n) is 10.6. The molecule has 0 aliphatic heterocycles. The summed E-state index contributed by atoms with van der Waals surface area (Å²) in [5.41, 5.74) is 1.68. The van der Waals surface area contributed by atoms with Gasteiger partial charge in [-0.3, -0.25) is 4.79 Å². The van der Waals surface area contributed by atoms with Crippen molar-refractivity contribution in [2.24, 2.45) is 0 Å². The molecule has 0 aliphatic carbocycles. The minimum Gasteiger partial charge on any atom is -0.392 e. The van der Waals surface area contributed by atoms with E-state index in [1.807, 2.05) is 12.1 Å². The molecule has 0 bridgehead atoms. The second kappa shape index (κ2) is 6.63. The van der Waals surface area contributed by atoms with Crippen LogP contribution < -0.4 is 5.32 Å². The number of aliphatic hydroxyl groups excluding tert-OH is 1. The summed E-state index contributed by atoms with van der Waals surface area (Å²) in [6.07, 6.45) is 0. The van der Waals surface area contributed by atoms with Gasteiger partial charge in [0.15, 0.2) is 0 Å². The molecular weight excluding hydrogens is 325 g/mol. The van der Waals surface area contributed by atoms with Crippen LogP contribution in [0.2, 0.25) is 0 Å². The Morgan fingerprint density at radius 1 is 1.15 bits per heavy atom. The van der Waals surface area contributed by atoms with Crippen LogP contribution in [0.25, 0.3) is 0 Å². The Kier molecular flexibility index (Phi) is 4.87. The second-order valence-electron chi connectivity index (χ2n) is 4.25. The number of benzene rings is 2. The van der Waals surface area contributed by atoms with E-state index in [1.54, 1.807) is 18.2 Å². The smallest absolute Gasteiger partial charge is 0.255 e. The van der Waals surface area contributed by atoms with Crippen molar-refractivity contribution in [2.45, 2.75) is 13.2 Å². The number of hydrogen-bond acceptors (Lipinski definition) is 2. The average Bonchev–Trinajstić information content (AvgIpc) is 2.45. The molecule has 0 spiro atoms. The van der Waals surface area contributed by atoms with E-state index < -0.39 is 11.7 Å². The van der Waals surface area contributed by atoms with Gasteiger partial charge in [0.05, 0.1) is 12.2 Å². The maximum atomic E-state index is 13.6. The molecule has 2 rings (SSSR count). The van der Waals surface area contributed by atoms with Crippen LogP contribution in [-0.4, -0.2) is 11.0 Å². The van der Waals surface area contributed by atoms with Gasteiger partial charge in [0.1, 0.15) is 5.82 Å². The van der Waals surface area contributed by atoms with Crippen molar-refractivity contribution in [2.75, 3.05) is 0 Å². The lowest BCUT2D eigenvalue weighted by molar-refractivity contribution is 0.0946. The van der Waals surface area contributed by atoms with Crippen molar-refractivity contribution >= 4 is 21.8 Å². The summed E-state index contributed by atoms with van der Waals surface area (Å²) in [5.74, 6) is -1.03. The van der Waals surface area contributed by atoms with Crippen molar-refractivity contribution in [1.29, 1.82) is 0 Å². The lowest BCUT2D eigenvalue weighted by Crippen LogP contribution is -2.24. The highest BCUT2D eigenvalue weighted by Crippen LogP contribution is 2.19. The highest BCUT2D eigenvalue weighted by atomic mass is 79.9. The third-order valence-electron chi connectivity index (χ3n) is 2.85. The predicted octanol–water partition coefficient (Wildman–Crippen LogP) is 3.01. The van der Waals surface area contributed by atoms with Gasteiger partial charge in [-0.15, -0.1) is 0 Å². The largest absolute Gasteiger partial charge is 0.392 e. The fourth-order valence-electron chi connectivity index (χ4n) is 1.75. The third kappa shape index (κ3) is 3.43. The topological polar surface area (TPSA) is 49.3 Å². The van der Waals surface area contributed by atoms with Crippen LogP contribution in [0, 0.1) is 5.82 Å². The average molecular weight is 338 g/mol. The van der Waals surface area contributed by atoms with E-state index in [1.165, 1.54) is 12.1 Å². The number of carbonyl (C=O) groups is 1.